The summed E-state index contributed by atoms with van der Waals surface area (Å²) in [7, 11) is 0. The minimum absolute atomic E-state index is 0.214. The molecule has 0 aromatic rings. The molecule has 95 valence electrons. The molecule has 0 saturated heterocycles. The second-order valence-corrected chi connectivity index (χ2v) is 5.87. The lowest BCUT2D eigenvalue weighted by Gasteiger charge is -2.31. The molecule has 0 bridgehead atoms. The standard InChI is InChI=1S/C14H27O2/c1-5-9-13(15-16-14(2,3)4)12-10-7-6-8-11-12/h12-13H,1,5-11H2,2-4H3. The fourth-order valence-corrected chi connectivity index (χ4v) is 2.28. The van der Waals surface area contributed by atoms with E-state index in [0.29, 0.717) is 5.92 Å². The van der Waals surface area contributed by atoms with Gasteiger partial charge >= 0.3 is 0 Å². The van der Waals surface area contributed by atoms with E-state index in [1.807, 2.05) is 20.8 Å². The molecular weight excluding hydrogens is 200 g/mol. The highest BCUT2D eigenvalue weighted by Crippen LogP contribution is 2.30. The molecular formula is C14H27O2. The van der Waals surface area contributed by atoms with Crippen molar-refractivity contribution >= 4 is 0 Å². The first-order valence-corrected chi connectivity index (χ1v) is 6.66. The Labute approximate surface area is 101 Å². The van der Waals surface area contributed by atoms with Crippen LogP contribution < -0.4 is 0 Å². The van der Waals surface area contributed by atoms with Gasteiger partial charge in [-0.2, -0.15) is 0 Å². The van der Waals surface area contributed by atoms with Crippen molar-refractivity contribution in [2.75, 3.05) is 0 Å². The predicted octanol–water partition coefficient (Wildman–Crippen LogP) is 4.30. The summed E-state index contributed by atoms with van der Waals surface area (Å²) in [6, 6.07) is 0. The van der Waals surface area contributed by atoms with Gasteiger partial charge in [0, 0.05) is 0 Å². The Morgan fingerprint density at radius 1 is 1.19 bits per heavy atom. The second kappa shape index (κ2) is 6.61. The lowest BCUT2D eigenvalue weighted by atomic mass is 9.84. The minimum Gasteiger partial charge on any atom is -0.233 e. The highest BCUT2D eigenvalue weighted by atomic mass is 17.2. The highest BCUT2D eigenvalue weighted by Gasteiger charge is 2.26. The van der Waals surface area contributed by atoms with Crippen LogP contribution in [0.15, 0.2) is 0 Å². The molecule has 0 heterocycles. The number of hydrogen-bond acceptors (Lipinski definition) is 2. The minimum atomic E-state index is -0.214. The summed E-state index contributed by atoms with van der Waals surface area (Å²) in [6.07, 6.45) is 8.84. The topological polar surface area (TPSA) is 18.5 Å². The Hall–Kier alpha value is -0.0800. The fourth-order valence-electron chi connectivity index (χ4n) is 2.28. The molecule has 1 rings (SSSR count). The van der Waals surface area contributed by atoms with E-state index in [1.54, 1.807) is 0 Å². The van der Waals surface area contributed by atoms with Gasteiger partial charge in [0.1, 0.15) is 0 Å². The molecule has 1 aliphatic rings. The van der Waals surface area contributed by atoms with Crippen LogP contribution in [0.3, 0.4) is 0 Å². The summed E-state index contributed by atoms with van der Waals surface area (Å²) in [5, 5.41) is 0. The zero-order valence-electron chi connectivity index (χ0n) is 11.1. The molecule has 0 aliphatic heterocycles. The summed E-state index contributed by atoms with van der Waals surface area (Å²) < 4.78 is 0. The molecule has 1 atom stereocenters. The van der Waals surface area contributed by atoms with Crippen LogP contribution in [0, 0.1) is 12.8 Å². The van der Waals surface area contributed by atoms with Crippen LogP contribution in [0.25, 0.3) is 0 Å². The average Bonchev–Trinajstić information content (AvgIpc) is 2.24. The molecule has 0 spiro atoms. The summed E-state index contributed by atoms with van der Waals surface area (Å²) in [6.45, 7) is 10.00. The Kier molecular flexibility index (Phi) is 5.77. The highest BCUT2D eigenvalue weighted by molar-refractivity contribution is 4.74. The maximum atomic E-state index is 5.65. The summed E-state index contributed by atoms with van der Waals surface area (Å²) in [5.74, 6) is 0.679. The summed E-state index contributed by atoms with van der Waals surface area (Å²) in [5.41, 5.74) is -0.214. The largest absolute Gasteiger partial charge is 0.233 e. The van der Waals surface area contributed by atoms with Gasteiger partial charge in [-0.25, -0.2) is 9.78 Å². The van der Waals surface area contributed by atoms with Gasteiger partial charge in [-0.15, -0.1) is 0 Å². The first-order chi connectivity index (χ1) is 7.53. The van der Waals surface area contributed by atoms with Crippen molar-refractivity contribution in [2.24, 2.45) is 5.92 Å². The maximum Gasteiger partial charge on any atom is 0.0958 e. The normalized spacial score (nSPS) is 21.0. The SMILES string of the molecule is [CH2]CCC(OOC(C)(C)C)C1CCCCC1. The van der Waals surface area contributed by atoms with Gasteiger partial charge in [0.25, 0.3) is 0 Å². The van der Waals surface area contributed by atoms with Gasteiger partial charge < -0.3 is 0 Å². The third kappa shape index (κ3) is 5.31. The van der Waals surface area contributed by atoms with Gasteiger partial charge in [0.15, 0.2) is 0 Å². The molecule has 1 radical (unpaired) electrons. The van der Waals surface area contributed by atoms with Gasteiger partial charge in [-0.05, 0) is 46.0 Å². The smallest absolute Gasteiger partial charge is 0.0958 e. The molecule has 1 aliphatic carbocycles. The third-order valence-corrected chi connectivity index (χ3v) is 3.09. The van der Waals surface area contributed by atoms with Crippen LogP contribution >= 0.6 is 0 Å². The molecule has 0 N–H and O–H groups in total. The number of hydrogen-bond donors (Lipinski definition) is 0. The Balaban J connectivity index is 2.39. The predicted molar refractivity (Wildman–Crippen MR) is 66.9 cm³/mol. The van der Waals surface area contributed by atoms with Crippen LogP contribution in [0.5, 0.6) is 0 Å². The summed E-state index contributed by atoms with van der Waals surface area (Å²) in [4.78, 5) is 11.1. The molecule has 2 nitrogen and oxygen atoms in total. The van der Waals surface area contributed by atoms with Crippen LogP contribution in [0.1, 0.15) is 65.7 Å². The molecule has 1 fully saturated rings. The van der Waals surface area contributed by atoms with Gasteiger partial charge in [-0.3, -0.25) is 0 Å². The van der Waals surface area contributed by atoms with Crippen LogP contribution in [-0.4, -0.2) is 11.7 Å². The Bertz CT molecular complexity index is 178. The molecule has 0 aromatic carbocycles. The molecule has 0 aromatic heterocycles. The lowest BCUT2D eigenvalue weighted by molar-refractivity contribution is -0.381. The summed E-state index contributed by atoms with van der Waals surface area (Å²) >= 11 is 0. The van der Waals surface area contributed by atoms with Crippen molar-refractivity contribution in [3.05, 3.63) is 6.92 Å². The van der Waals surface area contributed by atoms with E-state index in [2.05, 4.69) is 6.92 Å². The van der Waals surface area contributed by atoms with E-state index in [0.717, 1.165) is 12.8 Å². The second-order valence-electron chi connectivity index (χ2n) is 5.87. The van der Waals surface area contributed by atoms with Crippen molar-refractivity contribution in [1.29, 1.82) is 0 Å². The molecule has 1 unspecified atom stereocenters. The Morgan fingerprint density at radius 3 is 2.31 bits per heavy atom. The molecule has 0 amide bonds. The van der Waals surface area contributed by atoms with Crippen LogP contribution in [0.2, 0.25) is 0 Å². The lowest BCUT2D eigenvalue weighted by Crippen LogP contribution is -2.30. The van der Waals surface area contributed by atoms with Crippen LogP contribution in [-0.2, 0) is 9.78 Å². The van der Waals surface area contributed by atoms with Crippen LogP contribution in [0.4, 0.5) is 0 Å². The van der Waals surface area contributed by atoms with Crippen molar-refractivity contribution in [2.45, 2.75) is 77.4 Å². The third-order valence-electron chi connectivity index (χ3n) is 3.09. The number of rotatable bonds is 5. The van der Waals surface area contributed by atoms with Crippen molar-refractivity contribution < 1.29 is 9.78 Å². The van der Waals surface area contributed by atoms with E-state index in [9.17, 15) is 0 Å². The monoisotopic (exact) mass is 227 g/mol. The molecule has 2 heteroatoms. The Morgan fingerprint density at radius 2 is 1.81 bits per heavy atom. The first kappa shape index (κ1) is 14.0. The van der Waals surface area contributed by atoms with Crippen molar-refractivity contribution in [1.82, 2.24) is 0 Å². The molecule has 16 heavy (non-hydrogen) atoms. The zero-order chi connectivity index (χ0) is 12.0. The van der Waals surface area contributed by atoms with Gasteiger partial charge in [0.2, 0.25) is 0 Å². The van der Waals surface area contributed by atoms with E-state index < -0.39 is 0 Å². The first-order valence-electron chi connectivity index (χ1n) is 6.66. The van der Waals surface area contributed by atoms with E-state index >= 15 is 0 Å². The van der Waals surface area contributed by atoms with Gasteiger partial charge in [0.05, 0.1) is 11.7 Å². The molecule has 1 saturated carbocycles. The van der Waals surface area contributed by atoms with Crippen molar-refractivity contribution in [3.8, 4) is 0 Å². The average molecular weight is 227 g/mol. The van der Waals surface area contributed by atoms with E-state index in [-0.39, 0.29) is 11.7 Å². The van der Waals surface area contributed by atoms with Crippen molar-refractivity contribution in [3.63, 3.8) is 0 Å². The van der Waals surface area contributed by atoms with Gasteiger partial charge in [-0.1, -0.05) is 32.6 Å². The quantitative estimate of drug-likeness (QED) is 0.515. The fraction of sp³-hybridized carbons (Fsp3) is 0.929. The van der Waals surface area contributed by atoms with E-state index in [1.165, 1.54) is 32.1 Å². The maximum absolute atomic E-state index is 5.65. The van der Waals surface area contributed by atoms with E-state index in [4.69, 9.17) is 9.78 Å². The zero-order valence-corrected chi connectivity index (χ0v) is 11.1.